The lowest BCUT2D eigenvalue weighted by Crippen LogP contribution is -2.51. The van der Waals surface area contributed by atoms with Crippen LogP contribution >= 0.6 is 11.3 Å². The lowest BCUT2D eigenvalue weighted by molar-refractivity contribution is 0.0910. The highest BCUT2D eigenvalue weighted by molar-refractivity contribution is 7.22. The summed E-state index contributed by atoms with van der Waals surface area (Å²) >= 11 is 1.82. The molecule has 0 amide bonds. The quantitative estimate of drug-likeness (QED) is 0.810. The topological polar surface area (TPSA) is 37.2 Å². The van der Waals surface area contributed by atoms with Gasteiger partial charge < -0.3 is 9.80 Å². The van der Waals surface area contributed by atoms with E-state index in [0.29, 0.717) is 5.41 Å². The van der Waals surface area contributed by atoms with Crippen LogP contribution in [0.1, 0.15) is 31.4 Å². The van der Waals surface area contributed by atoms with Crippen molar-refractivity contribution in [3.05, 3.63) is 5.69 Å². The Kier molecular flexibility index (Phi) is 3.42. The molecule has 22 heavy (non-hydrogen) atoms. The van der Waals surface area contributed by atoms with Crippen LogP contribution in [0, 0.1) is 12.3 Å². The van der Waals surface area contributed by atoms with E-state index < -0.39 is 0 Å². The number of anilines is 1. The second-order valence-corrected chi connectivity index (χ2v) is 8.20. The summed E-state index contributed by atoms with van der Waals surface area (Å²) < 4.78 is 3.16. The van der Waals surface area contributed by atoms with E-state index in [4.69, 9.17) is 4.98 Å². The molecule has 0 N–H and O–H groups in total. The largest absolute Gasteiger partial charge is 0.347 e. The van der Waals surface area contributed by atoms with E-state index in [9.17, 15) is 0 Å². The lowest BCUT2D eigenvalue weighted by atomic mass is 9.74. The molecule has 0 radical (unpaired) electrons. The number of hydrogen-bond acceptors (Lipinski definition) is 5. The van der Waals surface area contributed by atoms with Crippen LogP contribution in [0.5, 0.6) is 0 Å². The fourth-order valence-electron chi connectivity index (χ4n) is 4.37. The van der Waals surface area contributed by atoms with Crippen LogP contribution in [-0.2, 0) is 7.05 Å². The van der Waals surface area contributed by atoms with Crippen molar-refractivity contribution >= 4 is 26.8 Å². The van der Waals surface area contributed by atoms with Crippen LogP contribution in [0.3, 0.4) is 0 Å². The number of hydrogen-bond donors (Lipinski definition) is 0. The van der Waals surface area contributed by atoms with Crippen LogP contribution in [0.4, 0.5) is 5.13 Å². The molecular formula is C16H25N5S. The van der Waals surface area contributed by atoms with Gasteiger partial charge in [-0.25, -0.2) is 9.67 Å². The molecule has 2 aliphatic rings. The number of rotatable bonds is 1. The van der Waals surface area contributed by atoms with Crippen molar-refractivity contribution in [2.45, 2.75) is 32.6 Å². The smallest absolute Gasteiger partial charge is 0.188 e. The minimum absolute atomic E-state index is 0.483. The molecule has 0 bridgehead atoms. The SMILES string of the molecule is Cc1nn(C)c2nc(N3CCC[C@@]4(CCCN(C)C4)C3)sc12. The molecule has 2 aliphatic heterocycles. The molecule has 4 rings (SSSR count). The number of aromatic nitrogens is 3. The molecule has 0 unspecified atom stereocenters. The normalized spacial score (nSPS) is 27.1. The first-order chi connectivity index (χ1) is 10.6. The summed E-state index contributed by atoms with van der Waals surface area (Å²) in [5.41, 5.74) is 2.62. The Morgan fingerprint density at radius 3 is 2.59 bits per heavy atom. The van der Waals surface area contributed by atoms with Gasteiger partial charge in [0.15, 0.2) is 10.8 Å². The molecule has 0 aliphatic carbocycles. The zero-order valence-corrected chi connectivity index (χ0v) is 14.6. The lowest BCUT2D eigenvalue weighted by Gasteiger charge is -2.47. The third kappa shape index (κ3) is 2.33. The van der Waals surface area contributed by atoms with Crippen LogP contribution in [0.15, 0.2) is 0 Å². The van der Waals surface area contributed by atoms with Crippen molar-refractivity contribution in [2.24, 2.45) is 12.5 Å². The van der Waals surface area contributed by atoms with Crippen molar-refractivity contribution in [3.63, 3.8) is 0 Å². The van der Waals surface area contributed by atoms with Crippen molar-refractivity contribution in [1.82, 2.24) is 19.7 Å². The van der Waals surface area contributed by atoms with E-state index in [1.54, 1.807) is 0 Å². The molecule has 2 saturated heterocycles. The standard InChI is InChI=1S/C16H25N5S/c1-12-13-14(20(3)18-12)17-15(22-13)21-9-5-7-16(11-21)6-4-8-19(2)10-16/h4-11H2,1-3H3/t16-/m1/s1. The Hall–Kier alpha value is -1.14. The van der Waals surface area contributed by atoms with Crippen LogP contribution in [-0.4, -0.2) is 52.9 Å². The van der Waals surface area contributed by atoms with Gasteiger partial charge in [-0.15, -0.1) is 0 Å². The van der Waals surface area contributed by atoms with Gasteiger partial charge in [-0.1, -0.05) is 11.3 Å². The summed E-state index contributed by atoms with van der Waals surface area (Å²) in [6, 6.07) is 0. The first-order valence-electron chi connectivity index (χ1n) is 8.30. The average Bonchev–Trinajstić information content (AvgIpc) is 3.01. The van der Waals surface area contributed by atoms with Gasteiger partial charge in [0, 0.05) is 32.1 Å². The number of fused-ring (bicyclic) bond motifs is 1. The van der Waals surface area contributed by atoms with E-state index in [2.05, 4.69) is 28.9 Å². The molecule has 6 heteroatoms. The number of thiazole rings is 1. The van der Waals surface area contributed by atoms with E-state index >= 15 is 0 Å². The molecule has 2 aromatic heterocycles. The predicted molar refractivity (Wildman–Crippen MR) is 91.7 cm³/mol. The summed E-state index contributed by atoms with van der Waals surface area (Å²) in [7, 11) is 4.26. The molecule has 0 aromatic carbocycles. The molecule has 2 fully saturated rings. The summed E-state index contributed by atoms with van der Waals surface area (Å²) in [6.45, 7) is 6.90. The minimum atomic E-state index is 0.483. The Labute approximate surface area is 135 Å². The second-order valence-electron chi connectivity index (χ2n) is 7.22. The number of likely N-dealkylation sites (tertiary alicyclic amines) is 1. The highest BCUT2D eigenvalue weighted by Crippen LogP contribution is 2.41. The Morgan fingerprint density at radius 1 is 1.09 bits per heavy atom. The van der Waals surface area contributed by atoms with Crippen molar-refractivity contribution in [1.29, 1.82) is 0 Å². The maximum absolute atomic E-state index is 4.89. The molecule has 5 nitrogen and oxygen atoms in total. The molecule has 0 saturated carbocycles. The third-order valence-electron chi connectivity index (χ3n) is 5.32. The summed E-state index contributed by atoms with van der Waals surface area (Å²) in [5.74, 6) is 0. The van der Waals surface area contributed by atoms with Gasteiger partial charge >= 0.3 is 0 Å². The average molecular weight is 319 g/mol. The van der Waals surface area contributed by atoms with Gasteiger partial charge in [-0.05, 0) is 46.2 Å². The Bertz CT molecular complexity index is 652. The molecule has 2 aromatic rings. The van der Waals surface area contributed by atoms with Crippen molar-refractivity contribution in [3.8, 4) is 0 Å². The first kappa shape index (κ1) is 14.5. The highest BCUT2D eigenvalue weighted by Gasteiger charge is 2.39. The summed E-state index contributed by atoms with van der Waals surface area (Å²) in [5, 5.41) is 5.66. The van der Waals surface area contributed by atoms with Gasteiger partial charge in [0.2, 0.25) is 0 Å². The van der Waals surface area contributed by atoms with Gasteiger partial charge in [0.1, 0.15) is 0 Å². The van der Waals surface area contributed by atoms with Crippen molar-refractivity contribution in [2.75, 3.05) is 38.1 Å². The maximum atomic E-state index is 4.89. The third-order valence-corrected chi connectivity index (χ3v) is 6.53. The maximum Gasteiger partial charge on any atom is 0.188 e. The zero-order chi connectivity index (χ0) is 15.3. The van der Waals surface area contributed by atoms with Gasteiger partial charge in [0.25, 0.3) is 0 Å². The minimum Gasteiger partial charge on any atom is -0.347 e. The zero-order valence-electron chi connectivity index (χ0n) is 13.8. The molecule has 1 spiro atoms. The monoisotopic (exact) mass is 319 g/mol. The summed E-state index contributed by atoms with van der Waals surface area (Å²) in [6.07, 6.45) is 5.38. The molecule has 120 valence electrons. The molecular weight excluding hydrogens is 294 g/mol. The van der Waals surface area contributed by atoms with Crippen LogP contribution in [0.25, 0.3) is 10.3 Å². The van der Waals surface area contributed by atoms with Crippen LogP contribution < -0.4 is 4.90 Å². The number of piperidine rings is 2. The predicted octanol–water partition coefficient (Wildman–Crippen LogP) is 2.65. The van der Waals surface area contributed by atoms with E-state index in [0.717, 1.165) is 17.9 Å². The van der Waals surface area contributed by atoms with E-state index in [1.165, 1.54) is 55.1 Å². The second kappa shape index (κ2) is 5.20. The Balaban J connectivity index is 1.62. The molecule has 4 heterocycles. The summed E-state index contributed by atoms with van der Waals surface area (Å²) in [4.78, 5) is 9.93. The highest BCUT2D eigenvalue weighted by atomic mass is 32.1. The van der Waals surface area contributed by atoms with E-state index in [-0.39, 0.29) is 0 Å². The fraction of sp³-hybridized carbons (Fsp3) is 0.750. The van der Waals surface area contributed by atoms with Crippen molar-refractivity contribution < 1.29 is 0 Å². The van der Waals surface area contributed by atoms with Gasteiger partial charge in [-0.2, -0.15) is 5.10 Å². The number of aryl methyl sites for hydroxylation is 2. The first-order valence-corrected chi connectivity index (χ1v) is 9.12. The fourth-order valence-corrected chi connectivity index (χ4v) is 5.43. The van der Waals surface area contributed by atoms with E-state index in [1.807, 2.05) is 23.1 Å². The van der Waals surface area contributed by atoms with Gasteiger partial charge in [0.05, 0.1) is 10.4 Å². The van der Waals surface area contributed by atoms with Crippen LogP contribution in [0.2, 0.25) is 0 Å². The Morgan fingerprint density at radius 2 is 1.86 bits per heavy atom. The number of nitrogens with zero attached hydrogens (tertiary/aromatic N) is 5. The van der Waals surface area contributed by atoms with Gasteiger partial charge in [-0.3, -0.25) is 0 Å². The molecule has 1 atom stereocenters.